The summed E-state index contributed by atoms with van der Waals surface area (Å²) in [6, 6.07) is 5.86. The van der Waals surface area contributed by atoms with Crippen LogP contribution in [-0.2, 0) is 6.54 Å². The average Bonchev–Trinajstić information content (AvgIpc) is 2.69. The average molecular weight is 219 g/mol. The summed E-state index contributed by atoms with van der Waals surface area (Å²) in [6.45, 7) is 2.81. The number of nitrogens with two attached hydrogens (primary N) is 1. The van der Waals surface area contributed by atoms with Crippen LogP contribution in [0.25, 0.3) is 0 Å². The molecule has 0 atom stereocenters. The Hall–Kier alpha value is -1.55. The highest BCUT2D eigenvalue weighted by Gasteiger charge is 1.99. The molecule has 3 nitrogen and oxygen atoms in total. The summed E-state index contributed by atoms with van der Waals surface area (Å²) in [4.78, 5) is 4.21. The van der Waals surface area contributed by atoms with Gasteiger partial charge in [0.15, 0.2) is 0 Å². The number of hydrogen-bond donors (Lipinski definition) is 2. The lowest BCUT2D eigenvalue weighted by molar-refractivity contribution is 1.10. The third kappa shape index (κ3) is 2.47. The largest absolute Gasteiger partial charge is 0.399 e. The second-order valence-electron chi connectivity index (χ2n) is 3.35. The van der Waals surface area contributed by atoms with Gasteiger partial charge in [0, 0.05) is 23.0 Å². The summed E-state index contributed by atoms with van der Waals surface area (Å²) in [5.41, 5.74) is 8.75. The maximum atomic E-state index is 5.68. The number of anilines is 2. The summed E-state index contributed by atoms with van der Waals surface area (Å²) in [5, 5.41) is 6.40. The van der Waals surface area contributed by atoms with Gasteiger partial charge in [-0.1, -0.05) is 0 Å². The molecular weight excluding hydrogens is 206 g/mol. The van der Waals surface area contributed by atoms with E-state index in [0.29, 0.717) is 0 Å². The molecule has 0 bridgehead atoms. The molecule has 4 heteroatoms. The third-order valence-electron chi connectivity index (χ3n) is 2.16. The van der Waals surface area contributed by atoms with Crippen LogP contribution < -0.4 is 11.1 Å². The number of aromatic nitrogens is 1. The monoisotopic (exact) mass is 219 g/mol. The molecule has 0 radical (unpaired) electrons. The molecule has 0 saturated heterocycles. The van der Waals surface area contributed by atoms with Crippen LogP contribution in [0.3, 0.4) is 0 Å². The first-order chi connectivity index (χ1) is 7.25. The molecule has 0 aliphatic carbocycles. The molecule has 1 aromatic heterocycles. The summed E-state index contributed by atoms with van der Waals surface area (Å²) in [7, 11) is 0. The predicted octanol–water partition coefficient (Wildman–Crippen LogP) is 2.65. The Morgan fingerprint density at radius 3 is 3.00 bits per heavy atom. The Morgan fingerprint density at radius 1 is 1.47 bits per heavy atom. The fraction of sp³-hybridized carbons (Fsp3) is 0.182. The molecule has 0 aliphatic rings. The molecule has 0 aliphatic heterocycles. The van der Waals surface area contributed by atoms with Crippen molar-refractivity contribution < 1.29 is 0 Å². The lowest BCUT2D eigenvalue weighted by Gasteiger charge is -2.08. The van der Waals surface area contributed by atoms with E-state index in [1.54, 1.807) is 11.3 Å². The SMILES string of the molecule is Cc1cc(N)ccc1NCc1nccs1. The molecule has 1 aromatic carbocycles. The van der Waals surface area contributed by atoms with Crippen molar-refractivity contribution in [3.05, 3.63) is 40.3 Å². The van der Waals surface area contributed by atoms with Crippen molar-refractivity contribution in [2.24, 2.45) is 0 Å². The van der Waals surface area contributed by atoms with Gasteiger partial charge in [-0.15, -0.1) is 11.3 Å². The fourth-order valence-electron chi connectivity index (χ4n) is 1.40. The Kier molecular flexibility index (Phi) is 2.87. The molecule has 0 fully saturated rings. The first kappa shape index (κ1) is 9.98. The standard InChI is InChI=1S/C11H13N3S/c1-8-6-9(12)2-3-10(8)14-7-11-13-4-5-15-11/h2-6,14H,7,12H2,1H3. The fourth-order valence-corrected chi connectivity index (χ4v) is 1.95. The van der Waals surface area contributed by atoms with Crippen molar-refractivity contribution in [2.75, 3.05) is 11.1 Å². The van der Waals surface area contributed by atoms with Gasteiger partial charge in [-0.3, -0.25) is 0 Å². The second-order valence-corrected chi connectivity index (χ2v) is 4.33. The number of hydrogen-bond acceptors (Lipinski definition) is 4. The zero-order chi connectivity index (χ0) is 10.7. The Balaban J connectivity index is 2.05. The van der Waals surface area contributed by atoms with Crippen LogP contribution in [0.5, 0.6) is 0 Å². The Bertz CT molecular complexity index is 437. The summed E-state index contributed by atoms with van der Waals surface area (Å²) >= 11 is 1.65. The smallest absolute Gasteiger partial charge is 0.112 e. The highest BCUT2D eigenvalue weighted by Crippen LogP contribution is 2.18. The van der Waals surface area contributed by atoms with Gasteiger partial charge in [-0.2, -0.15) is 0 Å². The second kappa shape index (κ2) is 4.31. The van der Waals surface area contributed by atoms with Gasteiger partial charge in [0.1, 0.15) is 5.01 Å². The van der Waals surface area contributed by atoms with Gasteiger partial charge in [0.05, 0.1) is 6.54 Å². The highest BCUT2D eigenvalue weighted by atomic mass is 32.1. The summed E-state index contributed by atoms with van der Waals surface area (Å²) < 4.78 is 0. The van der Waals surface area contributed by atoms with Gasteiger partial charge in [-0.25, -0.2) is 4.98 Å². The van der Waals surface area contributed by atoms with E-state index in [0.717, 1.165) is 28.5 Å². The van der Waals surface area contributed by atoms with Crippen LogP contribution in [0.2, 0.25) is 0 Å². The van der Waals surface area contributed by atoms with E-state index in [2.05, 4.69) is 10.3 Å². The van der Waals surface area contributed by atoms with Gasteiger partial charge < -0.3 is 11.1 Å². The molecule has 3 N–H and O–H groups in total. The maximum absolute atomic E-state index is 5.68. The van der Waals surface area contributed by atoms with Crippen molar-refractivity contribution in [3.8, 4) is 0 Å². The van der Waals surface area contributed by atoms with Crippen molar-refractivity contribution in [1.29, 1.82) is 0 Å². The molecule has 0 saturated carbocycles. The van der Waals surface area contributed by atoms with Crippen LogP contribution in [0.15, 0.2) is 29.8 Å². The normalized spacial score (nSPS) is 10.2. The van der Waals surface area contributed by atoms with Crippen LogP contribution in [0.1, 0.15) is 10.6 Å². The number of benzene rings is 1. The number of rotatable bonds is 3. The number of aryl methyl sites for hydroxylation is 1. The van der Waals surface area contributed by atoms with Crippen LogP contribution >= 0.6 is 11.3 Å². The minimum Gasteiger partial charge on any atom is -0.399 e. The maximum Gasteiger partial charge on any atom is 0.112 e. The predicted molar refractivity (Wildman–Crippen MR) is 65.0 cm³/mol. The lowest BCUT2D eigenvalue weighted by Crippen LogP contribution is -2.00. The molecule has 15 heavy (non-hydrogen) atoms. The van der Waals surface area contributed by atoms with E-state index < -0.39 is 0 Å². The lowest BCUT2D eigenvalue weighted by atomic mass is 10.2. The minimum atomic E-state index is 0.766. The molecule has 0 unspecified atom stereocenters. The molecular formula is C11H13N3S. The van der Waals surface area contributed by atoms with Crippen molar-refractivity contribution in [3.63, 3.8) is 0 Å². The Morgan fingerprint density at radius 2 is 2.33 bits per heavy atom. The van der Waals surface area contributed by atoms with Crippen LogP contribution in [0, 0.1) is 6.92 Å². The highest BCUT2D eigenvalue weighted by molar-refractivity contribution is 7.09. The summed E-state index contributed by atoms with van der Waals surface area (Å²) in [5.74, 6) is 0. The van der Waals surface area contributed by atoms with Gasteiger partial charge in [-0.05, 0) is 30.7 Å². The van der Waals surface area contributed by atoms with E-state index >= 15 is 0 Å². The minimum absolute atomic E-state index is 0.766. The Labute approximate surface area is 93.0 Å². The van der Waals surface area contributed by atoms with E-state index in [1.807, 2.05) is 36.7 Å². The zero-order valence-electron chi connectivity index (χ0n) is 8.53. The topological polar surface area (TPSA) is 50.9 Å². The molecule has 1 heterocycles. The van der Waals surface area contributed by atoms with Crippen LogP contribution in [-0.4, -0.2) is 4.98 Å². The summed E-state index contributed by atoms with van der Waals surface area (Å²) in [6.07, 6.45) is 1.82. The first-order valence-corrected chi connectivity index (χ1v) is 5.62. The van der Waals surface area contributed by atoms with Crippen molar-refractivity contribution in [2.45, 2.75) is 13.5 Å². The van der Waals surface area contributed by atoms with Crippen molar-refractivity contribution >= 4 is 22.7 Å². The molecule has 0 spiro atoms. The van der Waals surface area contributed by atoms with Crippen LogP contribution in [0.4, 0.5) is 11.4 Å². The van der Waals surface area contributed by atoms with Gasteiger partial charge in [0.2, 0.25) is 0 Å². The van der Waals surface area contributed by atoms with E-state index in [9.17, 15) is 0 Å². The van der Waals surface area contributed by atoms with E-state index in [4.69, 9.17) is 5.73 Å². The molecule has 2 rings (SSSR count). The quantitative estimate of drug-likeness (QED) is 0.780. The number of nitrogens with one attached hydrogen (secondary N) is 1. The van der Waals surface area contributed by atoms with E-state index in [-0.39, 0.29) is 0 Å². The zero-order valence-corrected chi connectivity index (χ0v) is 9.34. The number of nitrogens with zero attached hydrogens (tertiary/aromatic N) is 1. The van der Waals surface area contributed by atoms with Gasteiger partial charge in [0.25, 0.3) is 0 Å². The molecule has 2 aromatic rings. The first-order valence-electron chi connectivity index (χ1n) is 4.74. The molecule has 78 valence electrons. The number of nitrogen functional groups attached to an aromatic ring is 1. The van der Waals surface area contributed by atoms with E-state index in [1.165, 1.54) is 0 Å². The van der Waals surface area contributed by atoms with Crippen molar-refractivity contribution in [1.82, 2.24) is 4.98 Å². The van der Waals surface area contributed by atoms with Gasteiger partial charge >= 0.3 is 0 Å². The molecule has 0 amide bonds. The third-order valence-corrected chi connectivity index (χ3v) is 2.94. The number of thiazole rings is 1.